The highest BCUT2D eigenvalue weighted by Gasteiger charge is 2.12. The van der Waals surface area contributed by atoms with Crippen LogP contribution in [0.1, 0.15) is 26.0 Å². The van der Waals surface area contributed by atoms with Crippen LogP contribution < -0.4 is 5.32 Å². The Balaban J connectivity index is 2.60. The van der Waals surface area contributed by atoms with Crippen molar-refractivity contribution < 1.29 is 0 Å². The van der Waals surface area contributed by atoms with Gasteiger partial charge in [-0.25, -0.2) is 0 Å². The predicted molar refractivity (Wildman–Crippen MR) is 75.2 cm³/mol. The number of halogens is 1. The fourth-order valence-corrected chi connectivity index (χ4v) is 1.82. The molecule has 1 rings (SSSR count). The summed E-state index contributed by atoms with van der Waals surface area (Å²) in [5, 5.41) is 8.77. The number of nitrogens with one attached hydrogen (secondary N) is 1. The molecule has 1 aromatic rings. The Morgan fingerprint density at radius 1 is 1.71 bits per heavy atom. The summed E-state index contributed by atoms with van der Waals surface area (Å²) in [5.41, 5.74) is 0.961. The Kier molecular flexibility index (Phi) is 5.21. The second-order valence-electron chi connectivity index (χ2n) is 4.18. The molecule has 0 amide bonds. The van der Waals surface area contributed by atoms with Crippen molar-refractivity contribution in [2.24, 2.45) is 7.05 Å². The molecule has 1 unspecified atom stereocenters. The standard InChI is InChI=1S/C11H19ClN4S/c1-5-8(2)14-11(17)15(3)7-10-9(12)6-13-16(10)4/h6,8H,5,7H2,1-4H3,(H,14,17). The van der Waals surface area contributed by atoms with Gasteiger partial charge < -0.3 is 10.2 Å². The minimum atomic E-state index is 0.381. The lowest BCUT2D eigenvalue weighted by atomic mass is 10.3. The lowest BCUT2D eigenvalue weighted by Crippen LogP contribution is -2.41. The molecule has 96 valence electrons. The van der Waals surface area contributed by atoms with Crippen LogP contribution in [0, 0.1) is 0 Å². The molecule has 4 nitrogen and oxygen atoms in total. The third-order valence-electron chi connectivity index (χ3n) is 2.73. The molecule has 0 radical (unpaired) electrons. The average Bonchev–Trinajstić information content (AvgIpc) is 2.60. The first kappa shape index (κ1) is 14.3. The van der Waals surface area contributed by atoms with Gasteiger partial charge >= 0.3 is 0 Å². The molecule has 0 aromatic carbocycles. The molecule has 17 heavy (non-hydrogen) atoms. The molecule has 1 aromatic heterocycles. The zero-order valence-corrected chi connectivity index (χ0v) is 12.3. The number of hydrogen-bond donors (Lipinski definition) is 1. The van der Waals surface area contributed by atoms with Crippen LogP contribution in [0.5, 0.6) is 0 Å². The molecule has 1 atom stereocenters. The van der Waals surface area contributed by atoms with E-state index in [4.69, 9.17) is 23.8 Å². The van der Waals surface area contributed by atoms with E-state index < -0.39 is 0 Å². The normalized spacial score (nSPS) is 12.3. The SMILES string of the molecule is CCC(C)NC(=S)N(C)Cc1c(Cl)cnn1C. The molecule has 6 heteroatoms. The van der Waals surface area contributed by atoms with Crippen molar-refractivity contribution in [1.82, 2.24) is 20.0 Å². The summed E-state index contributed by atoms with van der Waals surface area (Å²) < 4.78 is 1.77. The van der Waals surface area contributed by atoms with E-state index in [2.05, 4.69) is 24.3 Å². The lowest BCUT2D eigenvalue weighted by molar-refractivity contribution is 0.455. The van der Waals surface area contributed by atoms with Crippen LogP contribution in [0.15, 0.2) is 6.20 Å². The highest BCUT2D eigenvalue weighted by Crippen LogP contribution is 2.15. The molecule has 1 heterocycles. The number of rotatable bonds is 4. The molecular weight excluding hydrogens is 256 g/mol. The Hall–Kier alpha value is -0.810. The van der Waals surface area contributed by atoms with Crippen LogP contribution in [0.25, 0.3) is 0 Å². The first-order valence-corrected chi connectivity index (χ1v) is 6.42. The number of aromatic nitrogens is 2. The highest BCUT2D eigenvalue weighted by atomic mass is 35.5. The van der Waals surface area contributed by atoms with E-state index in [1.807, 2.05) is 19.0 Å². The van der Waals surface area contributed by atoms with Gasteiger partial charge in [-0.3, -0.25) is 4.68 Å². The summed E-state index contributed by atoms with van der Waals surface area (Å²) in [6.07, 6.45) is 2.69. The summed E-state index contributed by atoms with van der Waals surface area (Å²) in [6, 6.07) is 0.381. The van der Waals surface area contributed by atoms with Crippen molar-refractivity contribution in [3.8, 4) is 0 Å². The van der Waals surface area contributed by atoms with E-state index in [0.717, 1.165) is 17.2 Å². The Morgan fingerprint density at radius 2 is 2.35 bits per heavy atom. The van der Waals surface area contributed by atoms with Crippen LogP contribution in [-0.2, 0) is 13.6 Å². The number of thiocarbonyl (C=S) groups is 1. The van der Waals surface area contributed by atoms with E-state index >= 15 is 0 Å². The van der Waals surface area contributed by atoms with Crippen molar-refractivity contribution in [3.05, 3.63) is 16.9 Å². The number of aryl methyl sites for hydroxylation is 1. The molecule has 0 aliphatic heterocycles. The van der Waals surface area contributed by atoms with Crippen LogP contribution in [-0.4, -0.2) is 32.9 Å². The third kappa shape index (κ3) is 3.85. The molecule has 0 aliphatic rings. The molecule has 0 spiro atoms. The fraction of sp³-hybridized carbons (Fsp3) is 0.636. The number of hydrogen-bond acceptors (Lipinski definition) is 2. The van der Waals surface area contributed by atoms with Crippen LogP contribution >= 0.6 is 23.8 Å². The Morgan fingerprint density at radius 3 is 2.82 bits per heavy atom. The van der Waals surface area contributed by atoms with E-state index in [-0.39, 0.29) is 0 Å². The van der Waals surface area contributed by atoms with Gasteiger partial charge in [0.15, 0.2) is 5.11 Å². The summed E-state index contributed by atoms with van der Waals surface area (Å²) in [6.45, 7) is 4.88. The lowest BCUT2D eigenvalue weighted by Gasteiger charge is -2.23. The van der Waals surface area contributed by atoms with Crippen LogP contribution in [0.2, 0.25) is 5.02 Å². The van der Waals surface area contributed by atoms with Gasteiger partial charge in [-0.05, 0) is 25.6 Å². The van der Waals surface area contributed by atoms with Gasteiger partial charge in [0.2, 0.25) is 0 Å². The van der Waals surface area contributed by atoms with Gasteiger partial charge in [0.05, 0.1) is 23.5 Å². The van der Waals surface area contributed by atoms with Crippen LogP contribution in [0.3, 0.4) is 0 Å². The highest BCUT2D eigenvalue weighted by molar-refractivity contribution is 7.80. The van der Waals surface area contributed by atoms with Crippen molar-refractivity contribution in [3.63, 3.8) is 0 Å². The van der Waals surface area contributed by atoms with E-state index in [9.17, 15) is 0 Å². The second-order valence-corrected chi connectivity index (χ2v) is 4.97. The van der Waals surface area contributed by atoms with Crippen molar-refractivity contribution >= 4 is 28.9 Å². The summed E-state index contributed by atoms with van der Waals surface area (Å²) in [7, 11) is 3.82. The average molecular weight is 275 g/mol. The molecule has 0 saturated heterocycles. The van der Waals surface area contributed by atoms with Gasteiger partial charge in [-0.1, -0.05) is 18.5 Å². The molecule has 0 aliphatic carbocycles. The molecular formula is C11H19ClN4S. The van der Waals surface area contributed by atoms with Gasteiger partial charge in [-0.15, -0.1) is 0 Å². The fourth-order valence-electron chi connectivity index (χ4n) is 1.33. The Bertz CT molecular complexity index is 371. The molecule has 0 bridgehead atoms. The Labute approximate surface area is 113 Å². The van der Waals surface area contributed by atoms with Crippen LogP contribution in [0.4, 0.5) is 0 Å². The summed E-state index contributed by atoms with van der Waals surface area (Å²) in [5.74, 6) is 0. The van der Waals surface area contributed by atoms with Gasteiger partial charge in [0, 0.05) is 20.1 Å². The topological polar surface area (TPSA) is 33.1 Å². The second kappa shape index (κ2) is 6.21. The maximum absolute atomic E-state index is 6.05. The maximum Gasteiger partial charge on any atom is 0.169 e. The maximum atomic E-state index is 6.05. The van der Waals surface area contributed by atoms with Crippen molar-refractivity contribution in [2.75, 3.05) is 7.05 Å². The molecule has 0 fully saturated rings. The van der Waals surface area contributed by atoms with Crippen molar-refractivity contribution in [1.29, 1.82) is 0 Å². The summed E-state index contributed by atoms with van der Waals surface area (Å²) >= 11 is 11.4. The first-order chi connectivity index (χ1) is 7.95. The van der Waals surface area contributed by atoms with Crippen molar-refractivity contribution in [2.45, 2.75) is 32.9 Å². The third-order valence-corrected chi connectivity index (χ3v) is 3.47. The quantitative estimate of drug-likeness (QED) is 0.854. The molecule has 1 N–H and O–H groups in total. The zero-order valence-electron chi connectivity index (χ0n) is 10.7. The smallest absolute Gasteiger partial charge is 0.169 e. The van der Waals surface area contributed by atoms with Gasteiger partial charge in [0.1, 0.15) is 0 Å². The number of nitrogens with zero attached hydrogens (tertiary/aromatic N) is 3. The van der Waals surface area contributed by atoms with E-state index in [1.165, 1.54) is 0 Å². The van der Waals surface area contributed by atoms with Gasteiger partial charge in [0.25, 0.3) is 0 Å². The van der Waals surface area contributed by atoms with E-state index in [0.29, 0.717) is 17.6 Å². The predicted octanol–water partition coefficient (Wildman–Crippen LogP) is 2.18. The minimum Gasteiger partial charge on any atom is -0.360 e. The first-order valence-electron chi connectivity index (χ1n) is 5.63. The van der Waals surface area contributed by atoms with Gasteiger partial charge in [-0.2, -0.15) is 5.10 Å². The minimum absolute atomic E-state index is 0.381. The zero-order chi connectivity index (χ0) is 13.0. The van der Waals surface area contributed by atoms with E-state index in [1.54, 1.807) is 10.9 Å². The largest absolute Gasteiger partial charge is 0.360 e. The summed E-state index contributed by atoms with van der Waals surface area (Å²) in [4.78, 5) is 1.96. The molecule has 0 saturated carbocycles. The monoisotopic (exact) mass is 274 g/mol.